The maximum atomic E-state index is 12.5. The summed E-state index contributed by atoms with van der Waals surface area (Å²) >= 11 is 0. The zero-order chi connectivity index (χ0) is 25.5. The van der Waals surface area contributed by atoms with Crippen LogP contribution < -0.4 is 10.0 Å². The molecule has 1 aromatic heterocycles. The van der Waals surface area contributed by atoms with E-state index in [1.165, 1.54) is 37.3 Å². The molecule has 0 spiro atoms. The van der Waals surface area contributed by atoms with Crippen molar-refractivity contribution in [2.75, 3.05) is 5.32 Å². The third-order valence-electron chi connectivity index (χ3n) is 4.95. The zero-order valence-corrected chi connectivity index (χ0v) is 20.0. The molecule has 0 aliphatic carbocycles. The highest BCUT2D eigenvalue weighted by Crippen LogP contribution is 2.14. The summed E-state index contributed by atoms with van der Waals surface area (Å²) < 4.78 is 32.0. The van der Waals surface area contributed by atoms with Crippen LogP contribution in [0, 0.1) is 0 Å². The lowest BCUT2D eigenvalue weighted by atomic mass is 10.1. The highest BCUT2D eigenvalue weighted by molar-refractivity contribution is 7.89. The Labute approximate surface area is 207 Å². The van der Waals surface area contributed by atoms with Crippen LogP contribution in [-0.4, -0.2) is 36.5 Å². The minimum Gasteiger partial charge on any atom is -0.429 e. The van der Waals surface area contributed by atoms with Crippen LogP contribution in [0.25, 0.3) is 17.1 Å². The van der Waals surface area contributed by atoms with Gasteiger partial charge in [0.25, 0.3) is 0 Å². The van der Waals surface area contributed by atoms with Gasteiger partial charge < -0.3 is 4.74 Å². The second-order valence-electron chi connectivity index (χ2n) is 7.67. The number of hydrogen-bond donors (Lipinski definition) is 2. The third kappa shape index (κ3) is 6.38. The van der Waals surface area contributed by atoms with Crippen LogP contribution in [0.4, 0.5) is 10.5 Å². The Morgan fingerprint density at radius 2 is 1.58 bits per heavy atom. The topological polar surface area (TPSA) is 127 Å². The number of hydrogen-bond acceptors (Lipinski definition) is 7. The first-order valence-electron chi connectivity index (χ1n) is 10.9. The quantitative estimate of drug-likeness (QED) is 0.208. The van der Waals surface area contributed by atoms with E-state index in [-0.39, 0.29) is 10.7 Å². The SMILES string of the molecule is CC(NS(=O)(=O)c1ccccc1)OC(=O)Nc1ccc(C(=O)C=Cc2cnc3ccccc3n2)cc1. The predicted octanol–water partition coefficient (Wildman–Crippen LogP) is 4.40. The fourth-order valence-electron chi connectivity index (χ4n) is 3.25. The molecule has 9 nitrogen and oxygen atoms in total. The molecule has 182 valence electrons. The van der Waals surface area contributed by atoms with Crippen LogP contribution in [0.5, 0.6) is 0 Å². The van der Waals surface area contributed by atoms with Crippen LogP contribution in [-0.2, 0) is 14.8 Å². The minimum atomic E-state index is -3.84. The van der Waals surface area contributed by atoms with Crippen molar-refractivity contribution in [2.24, 2.45) is 0 Å². The molecular weight excluding hydrogens is 480 g/mol. The number of rotatable bonds is 8. The molecule has 0 bridgehead atoms. The van der Waals surface area contributed by atoms with Gasteiger partial charge in [-0.05, 0) is 67.6 Å². The second kappa shape index (κ2) is 10.9. The van der Waals surface area contributed by atoms with Crippen LogP contribution in [0.3, 0.4) is 0 Å². The smallest absolute Gasteiger partial charge is 0.413 e. The number of anilines is 1. The Balaban J connectivity index is 1.31. The zero-order valence-electron chi connectivity index (χ0n) is 19.2. The number of carbonyl (C=O) groups excluding carboxylic acids is 2. The summed E-state index contributed by atoms with van der Waals surface area (Å²) in [4.78, 5) is 33.5. The van der Waals surface area contributed by atoms with Gasteiger partial charge in [-0.2, -0.15) is 4.72 Å². The van der Waals surface area contributed by atoms with Gasteiger partial charge in [0, 0.05) is 11.3 Å². The average Bonchev–Trinajstić information content (AvgIpc) is 2.87. The Kier molecular flexibility index (Phi) is 7.47. The van der Waals surface area contributed by atoms with E-state index < -0.39 is 22.3 Å². The summed E-state index contributed by atoms with van der Waals surface area (Å²) in [6.07, 6.45) is 2.61. The van der Waals surface area contributed by atoms with Gasteiger partial charge in [-0.25, -0.2) is 18.2 Å². The molecule has 1 heterocycles. The van der Waals surface area contributed by atoms with E-state index in [2.05, 4.69) is 20.0 Å². The normalized spacial score (nSPS) is 12.4. The number of aromatic nitrogens is 2. The van der Waals surface area contributed by atoms with Crippen molar-refractivity contribution in [2.45, 2.75) is 18.0 Å². The van der Waals surface area contributed by atoms with Crippen molar-refractivity contribution in [3.63, 3.8) is 0 Å². The van der Waals surface area contributed by atoms with Crippen LogP contribution >= 0.6 is 0 Å². The first kappa shape index (κ1) is 24.7. The lowest BCUT2D eigenvalue weighted by Crippen LogP contribution is -2.37. The molecule has 0 saturated heterocycles. The van der Waals surface area contributed by atoms with Gasteiger partial charge in [0.2, 0.25) is 10.0 Å². The van der Waals surface area contributed by atoms with Crippen molar-refractivity contribution in [1.29, 1.82) is 0 Å². The molecule has 36 heavy (non-hydrogen) atoms. The highest BCUT2D eigenvalue weighted by Gasteiger charge is 2.19. The summed E-state index contributed by atoms with van der Waals surface area (Å²) in [5.41, 5.74) is 2.84. The van der Waals surface area contributed by atoms with E-state index in [9.17, 15) is 18.0 Å². The van der Waals surface area contributed by atoms with Crippen LogP contribution in [0.1, 0.15) is 23.0 Å². The molecule has 4 aromatic rings. The third-order valence-corrected chi connectivity index (χ3v) is 6.48. The van der Waals surface area contributed by atoms with Gasteiger partial charge in [0.1, 0.15) is 0 Å². The minimum absolute atomic E-state index is 0.0582. The maximum Gasteiger partial charge on any atom is 0.413 e. The second-order valence-corrected chi connectivity index (χ2v) is 9.38. The van der Waals surface area contributed by atoms with Gasteiger partial charge in [-0.15, -0.1) is 0 Å². The van der Waals surface area contributed by atoms with Gasteiger partial charge in [0.15, 0.2) is 12.0 Å². The van der Waals surface area contributed by atoms with Gasteiger partial charge in [0.05, 0.1) is 27.8 Å². The number of nitrogens with one attached hydrogen (secondary N) is 2. The average molecular weight is 503 g/mol. The summed E-state index contributed by atoms with van der Waals surface area (Å²) in [6, 6.07) is 21.4. The van der Waals surface area contributed by atoms with Crippen molar-refractivity contribution in [3.05, 3.63) is 102 Å². The maximum absolute atomic E-state index is 12.5. The monoisotopic (exact) mass is 502 g/mol. The molecule has 1 amide bonds. The highest BCUT2D eigenvalue weighted by atomic mass is 32.2. The molecule has 3 aromatic carbocycles. The van der Waals surface area contributed by atoms with E-state index in [4.69, 9.17) is 4.74 Å². The number of amides is 1. The number of ether oxygens (including phenoxy) is 1. The van der Waals surface area contributed by atoms with E-state index in [0.29, 0.717) is 16.9 Å². The fourth-order valence-corrected chi connectivity index (χ4v) is 4.38. The molecule has 0 saturated carbocycles. The van der Waals surface area contributed by atoms with E-state index in [1.807, 2.05) is 24.3 Å². The first-order chi connectivity index (χ1) is 17.3. The number of ketones is 1. The number of allylic oxidation sites excluding steroid dienone is 1. The van der Waals surface area contributed by atoms with Crippen molar-refractivity contribution < 1.29 is 22.7 Å². The van der Waals surface area contributed by atoms with Gasteiger partial charge >= 0.3 is 6.09 Å². The number of nitrogens with zero attached hydrogens (tertiary/aromatic N) is 2. The molecule has 2 N–H and O–H groups in total. The molecule has 4 rings (SSSR count). The number of benzene rings is 3. The van der Waals surface area contributed by atoms with E-state index >= 15 is 0 Å². The number of fused-ring (bicyclic) bond motifs is 1. The van der Waals surface area contributed by atoms with Crippen molar-refractivity contribution in [1.82, 2.24) is 14.7 Å². The van der Waals surface area contributed by atoms with Crippen molar-refractivity contribution >= 4 is 44.7 Å². The molecule has 1 atom stereocenters. The predicted molar refractivity (Wildman–Crippen MR) is 136 cm³/mol. The molecular formula is C26H22N4O5S. The molecule has 10 heteroatoms. The van der Waals surface area contributed by atoms with Gasteiger partial charge in [-0.3, -0.25) is 15.1 Å². The first-order valence-corrected chi connectivity index (χ1v) is 12.4. The van der Waals surface area contributed by atoms with Gasteiger partial charge in [-0.1, -0.05) is 30.3 Å². The number of carbonyl (C=O) groups is 2. The van der Waals surface area contributed by atoms with E-state index in [1.54, 1.807) is 42.6 Å². The summed E-state index contributed by atoms with van der Waals surface area (Å²) in [5.74, 6) is -0.247. The Morgan fingerprint density at radius 1 is 0.917 bits per heavy atom. The summed E-state index contributed by atoms with van der Waals surface area (Å²) in [7, 11) is -3.84. The molecule has 0 aliphatic heterocycles. The Morgan fingerprint density at radius 3 is 2.31 bits per heavy atom. The summed E-state index contributed by atoms with van der Waals surface area (Å²) in [5, 5.41) is 2.50. The Bertz CT molecular complexity index is 1520. The van der Waals surface area contributed by atoms with Crippen molar-refractivity contribution in [3.8, 4) is 0 Å². The van der Waals surface area contributed by atoms with E-state index in [0.717, 1.165) is 11.0 Å². The molecule has 1 unspecified atom stereocenters. The number of para-hydroxylation sites is 2. The lowest BCUT2D eigenvalue weighted by molar-refractivity contribution is 0.104. The molecule has 0 fully saturated rings. The Hall–Kier alpha value is -4.41. The number of sulfonamides is 1. The lowest BCUT2D eigenvalue weighted by Gasteiger charge is -2.15. The largest absolute Gasteiger partial charge is 0.429 e. The van der Waals surface area contributed by atoms with Crippen LogP contribution in [0.2, 0.25) is 0 Å². The fraction of sp³-hybridized carbons (Fsp3) is 0.0769. The standard InChI is InChI=1S/C26H22N4O5S/c1-18(30-36(33,34)22-7-3-2-4-8-22)35-26(32)29-20-13-11-19(12-14-20)25(31)16-15-21-17-27-23-9-5-6-10-24(23)28-21/h2-18,30H,1H3,(H,29,32). The molecule has 0 aliphatic rings. The summed E-state index contributed by atoms with van der Waals surface area (Å²) in [6.45, 7) is 1.40. The van der Waals surface area contributed by atoms with Crippen LogP contribution in [0.15, 0.2) is 96.0 Å². The molecule has 0 radical (unpaired) electrons.